The predicted octanol–water partition coefficient (Wildman–Crippen LogP) is 4.15. The van der Waals surface area contributed by atoms with E-state index in [2.05, 4.69) is 4.74 Å². The van der Waals surface area contributed by atoms with E-state index < -0.39 is 28.0 Å². The summed E-state index contributed by atoms with van der Waals surface area (Å²) in [5.41, 5.74) is -1.45. The molecule has 0 spiro atoms. The highest BCUT2D eigenvalue weighted by atomic mass is 35.5. The molecule has 0 aliphatic heterocycles. The first-order valence-electron chi connectivity index (χ1n) is 9.66. The summed E-state index contributed by atoms with van der Waals surface area (Å²) in [5.74, 6) is -1.60. The van der Waals surface area contributed by atoms with Gasteiger partial charge in [0.2, 0.25) is 0 Å². The van der Waals surface area contributed by atoms with E-state index >= 15 is 0 Å². The maximum absolute atomic E-state index is 13.5. The zero-order valence-corrected chi connectivity index (χ0v) is 17.8. The van der Waals surface area contributed by atoms with Crippen molar-refractivity contribution in [1.29, 1.82) is 0 Å². The van der Waals surface area contributed by atoms with Gasteiger partial charge in [0.05, 0.1) is 17.6 Å². The molecule has 1 atom stereocenters. The number of benzene rings is 2. The molecule has 1 aliphatic rings. The van der Waals surface area contributed by atoms with Crippen LogP contribution in [0.25, 0.3) is 0 Å². The summed E-state index contributed by atoms with van der Waals surface area (Å²) in [7, 11) is 2.62. The van der Waals surface area contributed by atoms with Crippen molar-refractivity contribution in [2.45, 2.75) is 31.2 Å². The fraction of sp³-hybridized carbons (Fsp3) is 0.318. The molecule has 31 heavy (non-hydrogen) atoms. The predicted molar refractivity (Wildman–Crippen MR) is 113 cm³/mol. The first kappa shape index (κ1) is 22.4. The van der Waals surface area contributed by atoms with Crippen molar-refractivity contribution >= 4 is 34.9 Å². The summed E-state index contributed by atoms with van der Waals surface area (Å²) < 4.78 is 4.65. The molecule has 2 aromatic rings. The molecule has 1 amide bonds. The molecule has 0 bridgehead atoms. The van der Waals surface area contributed by atoms with Crippen LogP contribution in [0.15, 0.2) is 42.5 Å². The average Bonchev–Trinajstić information content (AvgIpc) is 2.78. The lowest BCUT2D eigenvalue weighted by molar-refractivity contribution is -0.384. The van der Waals surface area contributed by atoms with Crippen molar-refractivity contribution in [2.24, 2.45) is 0 Å². The zero-order chi connectivity index (χ0) is 22.8. The summed E-state index contributed by atoms with van der Waals surface area (Å²) in [4.78, 5) is 50.6. The molecule has 8 nitrogen and oxygen atoms in total. The molecular formula is C22H21ClN2O6. The number of hydrogen-bond donors (Lipinski definition) is 0. The number of esters is 1. The maximum atomic E-state index is 13.5. The van der Waals surface area contributed by atoms with E-state index in [0.717, 1.165) is 19.2 Å². The Morgan fingerprint density at radius 3 is 2.45 bits per heavy atom. The average molecular weight is 445 g/mol. The molecule has 0 saturated heterocycles. The molecule has 0 N–H and O–H groups in total. The van der Waals surface area contributed by atoms with Crippen LogP contribution in [0.4, 0.5) is 5.69 Å². The Morgan fingerprint density at radius 1 is 1.16 bits per heavy atom. The minimum absolute atomic E-state index is 0.0955. The highest BCUT2D eigenvalue weighted by molar-refractivity contribution is 6.31. The smallest absolute Gasteiger partial charge is 0.338 e. The van der Waals surface area contributed by atoms with Crippen molar-refractivity contribution in [2.75, 3.05) is 14.2 Å². The Hall–Kier alpha value is -3.26. The van der Waals surface area contributed by atoms with E-state index in [0.29, 0.717) is 29.8 Å². The van der Waals surface area contributed by atoms with Crippen molar-refractivity contribution < 1.29 is 24.0 Å². The summed E-state index contributed by atoms with van der Waals surface area (Å²) in [5, 5.41) is 11.7. The van der Waals surface area contributed by atoms with Gasteiger partial charge in [-0.1, -0.05) is 29.8 Å². The minimum atomic E-state index is -1.30. The van der Waals surface area contributed by atoms with Gasteiger partial charge in [0.1, 0.15) is 5.54 Å². The Kier molecular flexibility index (Phi) is 6.40. The number of carbonyl (C=O) groups excluding carboxylic acids is 3. The highest BCUT2D eigenvalue weighted by Gasteiger charge is 2.48. The van der Waals surface area contributed by atoms with E-state index in [1.165, 1.54) is 18.0 Å². The third-order valence-corrected chi connectivity index (χ3v) is 5.98. The van der Waals surface area contributed by atoms with Gasteiger partial charge in [0.25, 0.3) is 11.6 Å². The van der Waals surface area contributed by atoms with Gasteiger partial charge in [0.15, 0.2) is 5.78 Å². The second kappa shape index (κ2) is 8.85. The van der Waals surface area contributed by atoms with E-state index in [9.17, 15) is 24.5 Å². The van der Waals surface area contributed by atoms with Crippen molar-refractivity contribution in [3.63, 3.8) is 0 Å². The first-order valence-corrected chi connectivity index (χ1v) is 10.0. The van der Waals surface area contributed by atoms with Gasteiger partial charge in [-0.05, 0) is 31.4 Å². The van der Waals surface area contributed by atoms with Crippen LogP contribution >= 0.6 is 11.6 Å². The van der Waals surface area contributed by atoms with Crippen LogP contribution < -0.4 is 0 Å². The fourth-order valence-electron chi connectivity index (χ4n) is 4.07. The van der Waals surface area contributed by atoms with E-state index in [4.69, 9.17) is 11.6 Å². The minimum Gasteiger partial charge on any atom is -0.465 e. The topological polar surface area (TPSA) is 107 Å². The van der Waals surface area contributed by atoms with Gasteiger partial charge in [0, 0.05) is 41.8 Å². The van der Waals surface area contributed by atoms with Crippen LogP contribution in [0.1, 0.15) is 52.0 Å². The third kappa shape index (κ3) is 4.03. The molecule has 9 heteroatoms. The number of nitrogens with zero attached hydrogens (tertiary/aromatic N) is 2. The highest BCUT2D eigenvalue weighted by Crippen LogP contribution is 2.42. The largest absolute Gasteiger partial charge is 0.465 e. The van der Waals surface area contributed by atoms with Crippen LogP contribution in [0.3, 0.4) is 0 Å². The monoisotopic (exact) mass is 444 g/mol. The molecule has 3 rings (SSSR count). The number of nitro groups is 1. The number of non-ortho nitro benzene ring substituents is 1. The molecule has 1 fully saturated rings. The number of Topliss-reactive ketones (excluding diaryl/α,β-unsaturated/α-hetero) is 1. The van der Waals surface area contributed by atoms with E-state index in [1.807, 2.05) is 0 Å². The van der Waals surface area contributed by atoms with Crippen LogP contribution in [0.5, 0.6) is 0 Å². The first-order chi connectivity index (χ1) is 14.7. The molecule has 0 aromatic heterocycles. The lowest BCUT2D eigenvalue weighted by atomic mass is 9.74. The molecule has 162 valence electrons. The summed E-state index contributed by atoms with van der Waals surface area (Å²) >= 11 is 6.42. The Balaban J connectivity index is 2.14. The summed E-state index contributed by atoms with van der Waals surface area (Å²) in [6.45, 7) is 0. The van der Waals surface area contributed by atoms with E-state index in [1.54, 1.807) is 24.3 Å². The molecule has 0 radical (unpaired) electrons. The van der Waals surface area contributed by atoms with Crippen molar-refractivity contribution in [3.8, 4) is 0 Å². The zero-order valence-electron chi connectivity index (χ0n) is 17.1. The normalized spacial score (nSPS) is 18.4. The fourth-order valence-corrected chi connectivity index (χ4v) is 4.36. The number of methoxy groups -OCH3 is 1. The van der Waals surface area contributed by atoms with Crippen LogP contribution in [0.2, 0.25) is 5.02 Å². The summed E-state index contributed by atoms with van der Waals surface area (Å²) in [6.07, 6.45) is 2.06. The van der Waals surface area contributed by atoms with Gasteiger partial charge in [-0.15, -0.1) is 0 Å². The Labute approximate surface area is 183 Å². The van der Waals surface area contributed by atoms with Crippen LogP contribution in [0, 0.1) is 10.1 Å². The Morgan fingerprint density at radius 2 is 1.84 bits per heavy atom. The molecule has 1 saturated carbocycles. The van der Waals surface area contributed by atoms with Gasteiger partial charge < -0.3 is 9.64 Å². The van der Waals surface area contributed by atoms with Gasteiger partial charge in [-0.2, -0.15) is 0 Å². The lowest BCUT2D eigenvalue weighted by Crippen LogP contribution is -2.54. The summed E-state index contributed by atoms with van der Waals surface area (Å²) in [6, 6.07) is 10.2. The standard InChI is InChI=1S/C22H21ClN2O6/c1-24(20(27)14-11-15(21(28)31-2)13-16(12-14)25(29)30)22(10-6-5-9-19(22)26)17-7-3-4-8-18(17)23/h3-4,7-8,11-13H,5-6,9-10H2,1-2H3/t22-/m0/s1. The Bertz CT molecular complexity index is 1070. The second-order valence-corrected chi connectivity index (χ2v) is 7.76. The number of hydrogen-bond acceptors (Lipinski definition) is 6. The molecule has 0 heterocycles. The number of amides is 1. The molecule has 1 aliphatic carbocycles. The number of rotatable bonds is 5. The van der Waals surface area contributed by atoms with Crippen molar-refractivity contribution in [1.82, 2.24) is 4.90 Å². The van der Waals surface area contributed by atoms with Gasteiger partial charge in [-0.3, -0.25) is 19.7 Å². The van der Waals surface area contributed by atoms with Gasteiger partial charge in [-0.25, -0.2) is 4.79 Å². The quantitative estimate of drug-likeness (QED) is 0.389. The molecular weight excluding hydrogens is 424 g/mol. The second-order valence-electron chi connectivity index (χ2n) is 7.35. The lowest BCUT2D eigenvalue weighted by Gasteiger charge is -2.44. The number of ether oxygens (including phenoxy) is 1. The van der Waals surface area contributed by atoms with Crippen LogP contribution in [-0.4, -0.2) is 41.6 Å². The number of carbonyl (C=O) groups is 3. The molecule has 0 unspecified atom stereocenters. The number of nitro benzene ring substituents is 1. The number of likely N-dealkylation sites (N-methyl/N-ethyl adjacent to an activating group) is 1. The third-order valence-electron chi connectivity index (χ3n) is 5.65. The maximum Gasteiger partial charge on any atom is 0.338 e. The van der Waals surface area contributed by atoms with Crippen LogP contribution in [-0.2, 0) is 15.1 Å². The van der Waals surface area contributed by atoms with Crippen molar-refractivity contribution in [3.05, 3.63) is 74.3 Å². The number of halogens is 1. The molecule has 2 aromatic carbocycles. The SMILES string of the molecule is COC(=O)c1cc(C(=O)N(C)[C@]2(c3ccccc3Cl)CCCCC2=O)cc([N+](=O)[O-])c1. The van der Waals surface area contributed by atoms with E-state index in [-0.39, 0.29) is 23.3 Å². The number of ketones is 1. The van der Waals surface area contributed by atoms with Gasteiger partial charge >= 0.3 is 5.97 Å².